The van der Waals surface area contributed by atoms with E-state index in [0.717, 1.165) is 23.9 Å². The van der Waals surface area contributed by atoms with Crippen molar-refractivity contribution in [1.82, 2.24) is 4.98 Å². The average Bonchev–Trinajstić information content (AvgIpc) is 2.94. The number of halogens is 5. The predicted molar refractivity (Wildman–Crippen MR) is 152 cm³/mol. The number of carbonyl (C=O) groups is 1. The molecule has 0 fully saturated rings. The van der Waals surface area contributed by atoms with Crippen LogP contribution in [0.3, 0.4) is 0 Å². The summed E-state index contributed by atoms with van der Waals surface area (Å²) in [6, 6.07) is 12.3. The highest BCUT2D eigenvalue weighted by atomic mass is 79.9. The van der Waals surface area contributed by atoms with Crippen molar-refractivity contribution < 1.29 is 36.9 Å². The maximum atomic E-state index is 13.1. The molecule has 5 rings (SSSR count). The Balaban J connectivity index is 1.31. The van der Waals surface area contributed by atoms with Crippen LogP contribution >= 0.6 is 27.5 Å². The Morgan fingerprint density at radius 1 is 0.976 bits per heavy atom. The molecule has 13 heteroatoms. The van der Waals surface area contributed by atoms with E-state index in [1.165, 1.54) is 6.07 Å². The Morgan fingerprint density at radius 2 is 1.68 bits per heavy atom. The van der Waals surface area contributed by atoms with Gasteiger partial charge in [-0.2, -0.15) is 13.2 Å². The molecule has 1 aromatic heterocycles. The van der Waals surface area contributed by atoms with Gasteiger partial charge in [0, 0.05) is 29.0 Å². The number of rotatable bonds is 8. The number of carbonyl (C=O) groups excluding carboxylic acids is 1. The number of amides is 2. The molecular formula is C28H22BrClF3N3O5. The van der Waals surface area contributed by atoms with E-state index in [-0.39, 0.29) is 5.69 Å². The molecule has 214 valence electrons. The lowest BCUT2D eigenvalue weighted by atomic mass is 10.1. The average molecular weight is 653 g/mol. The monoisotopic (exact) mass is 651 g/mol. The summed E-state index contributed by atoms with van der Waals surface area (Å²) < 4.78 is 63.2. The van der Waals surface area contributed by atoms with Crippen molar-refractivity contribution in [3.05, 3.63) is 71.4 Å². The van der Waals surface area contributed by atoms with Crippen molar-refractivity contribution >= 4 is 55.8 Å². The number of ether oxygens (including phenoxy) is 4. The van der Waals surface area contributed by atoms with Crippen molar-refractivity contribution in [2.24, 2.45) is 0 Å². The van der Waals surface area contributed by atoms with Gasteiger partial charge >= 0.3 is 12.2 Å². The highest BCUT2D eigenvalue weighted by Gasteiger charge is 2.33. The Kier molecular flexibility index (Phi) is 8.60. The quantitative estimate of drug-likeness (QED) is 0.147. The first kappa shape index (κ1) is 28.6. The zero-order valence-corrected chi connectivity index (χ0v) is 23.5. The number of pyridine rings is 1. The van der Waals surface area contributed by atoms with Crippen LogP contribution in [0.15, 0.2) is 60.8 Å². The molecule has 2 N–H and O–H groups in total. The van der Waals surface area contributed by atoms with Gasteiger partial charge in [-0.05, 0) is 55.0 Å². The Labute approximate surface area is 245 Å². The Morgan fingerprint density at radius 3 is 2.41 bits per heavy atom. The van der Waals surface area contributed by atoms with Crippen LogP contribution < -0.4 is 29.6 Å². The smallest absolute Gasteiger partial charge is 0.417 e. The van der Waals surface area contributed by atoms with Crippen LogP contribution in [0.5, 0.6) is 28.7 Å². The van der Waals surface area contributed by atoms with Gasteiger partial charge in [0.15, 0.2) is 11.5 Å². The van der Waals surface area contributed by atoms with Gasteiger partial charge in [0.05, 0.1) is 28.1 Å². The van der Waals surface area contributed by atoms with Crippen LogP contribution in [0.2, 0.25) is 5.02 Å². The number of hydrogen-bond donors (Lipinski definition) is 2. The lowest BCUT2D eigenvalue weighted by molar-refractivity contribution is -0.137. The summed E-state index contributed by atoms with van der Waals surface area (Å²) in [5.74, 6) is 2.45. The SMILES string of the molecule is O=C(Nc1ccc(Oc2ccnc3cc(OCCCBr)c4c(c23)OCCO4)cc1)Nc1ccc(Cl)c(C(F)(F)F)c1. The lowest BCUT2D eigenvalue weighted by Crippen LogP contribution is -2.19. The highest BCUT2D eigenvalue weighted by Crippen LogP contribution is 2.48. The van der Waals surface area contributed by atoms with E-state index in [1.807, 2.05) is 0 Å². The van der Waals surface area contributed by atoms with Crippen LogP contribution in [0.25, 0.3) is 10.9 Å². The maximum absolute atomic E-state index is 13.1. The number of nitrogens with one attached hydrogen (secondary N) is 2. The van der Waals surface area contributed by atoms with Crippen molar-refractivity contribution in [2.45, 2.75) is 12.6 Å². The largest absolute Gasteiger partial charge is 0.489 e. The molecule has 0 atom stereocenters. The molecule has 1 aliphatic heterocycles. The minimum atomic E-state index is -4.65. The van der Waals surface area contributed by atoms with Gasteiger partial charge in [0.1, 0.15) is 24.7 Å². The van der Waals surface area contributed by atoms with Gasteiger partial charge in [-0.1, -0.05) is 27.5 Å². The second kappa shape index (κ2) is 12.3. The molecular weight excluding hydrogens is 631 g/mol. The number of anilines is 2. The molecule has 3 aromatic carbocycles. The summed E-state index contributed by atoms with van der Waals surface area (Å²) in [5.41, 5.74) is -0.112. The molecule has 0 unspecified atom stereocenters. The normalized spacial score (nSPS) is 12.6. The van der Waals surface area contributed by atoms with Crippen molar-refractivity contribution in [1.29, 1.82) is 0 Å². The van der Waals surface area contributed by atoms with Crippen LogP contribution in [0, 0.1) is 0 Å². The molecule has 0 bridgehead atoms. The predicted octanol–water partition coefficient (Wildman–Crippen LogP) is 8.28. The number of hydrogen-bond acceptors (Lipinski definition) is 6. The standard InChI is InChI=1S/C28H22BrClF3N3O5/c29-9-1-11-38-23-15-21-24(26-25(23)39-12-13-40-26)22(8-10-34-21)41-18-5-2-16(3-6-18)35-27(37)36-17-4-7-20(30)19(14-17)28(31,32)33/h2-8,10,14-15H,1,9,11-13H2,(H2,35,36,37). The number of aromatic nitrogens is 1. The summed E-state index contributed by atoms with van der Waals surface area (Å²) in [4.78, 5) is 16.8. The van der Waals surface area contributed by atoms with E-state index < -0.39 is 22.8 Å². The number of alkyl halides is 4. The van der Waals surface area contributed by atoms with E-state index in [0.29, 0.717) is 65.2 Å². The van der Waals surface area contributed by atoms with E-state index in [2.05, 4.69) is 31.5 Å². The van der Waals surface area contributed by atoms with Crippen LogP contribution in [-0.4, -0.2) is 36.2 Å². The first-order valence-electron chi connectivity index (χ1n) is 12.4. The molecule has 2 heterocycles. The molecule has 41 heavy (non-hydrogen) atoms. The van der Waals surface area contributed by atoms with E-state index in [1.54, 1.807) is 42.6 Å². The molecule has 0 saturated carbocycles. The van der Waals surface area contributed by atoms with Crippen molar-refractivity contribution in [3.63, 3.8) is 0 Å². The molecule has 8 nitrogen and oxygen atoms in total. The summed E-state index contributed by atoms with van der Waals surface area (Å²) in [6.45, 7) is 1.24. The summed E-state index contributed by atoms with van der Waals surface area (Å²) in [7, 11) is 0. The number of nitrogens with zero attached hydrogens (tertiary/aromatic N) is 1. The fourth-order valence-corrected chi connectivity index (χ4v) is 4.50. The summed E-state index contributed by atoms with van der Waals surface area (Å²) >= 11 is 9.02. The minimum absolute atomic E-state index is 0.0602. The van der Waals surface area contributed by atoms with Gasteiger partial charge in [0.2, 0.25) is 5.75 Å². The zero-order chi connectivity index (χ0) is 29.0. The van der Waals surface area contributed by atoms with Crippen molar-refractivity contribution in [2.75, 3.05) is 35.8 Å². The number of fused-ring (bicyclic) bond motifs is 3. The fraction of sp³-hybridized carbons (Fsp3) is 0.214. The third kappa shape index (κ3) is 6.71. The van der Waals surface area contributed by atoms with Crippen molar-refractivity contribution in [3.8, 4) is 28.7 Å². The van der Waals surface area contributed by atoms with E-state index >= 15 is 0 Å². The molecule has 1 aliphatic rings. The number of urea groups is 1. The molecule has 0 radical (unpaired) electrons. The summed E-state index contributed by atoms with van der Waals surface area (Å²) in [5, 5.41) is 5.91. The van der Waals surface area contributed by atoms with Crippen LogP contribution in [0.1, 0.15) is 12.0 Å². The first-order valence-corrected chi connectivity index (χ1v) is 13.9. The third-order valence-electron chi connectivity index (χ3n) is 5.85. The summed E-state index contributed by atoms with van der Waals surface area (Å²) in [6.07, 6.45) is -2.23. The van der Waals surface area contributed by atoms with Gasteiger partial charge < -0.3 is 29.6 Å². The lowest BCUT2D eigenvalue weighted by Gasteiger charge is -2.23. The molecule has 4 aromatic rings. The minimum Gasteiger partial charge on any atom is -0.489 e. The van der Waals surface area contributed by atoms with Crippen LogP contribution in [-0.2, 0) is 6.18 Å². The van der Waals surface area contributed by atoms with Gasteiger partial charge in [-0.3, -0.25) is 4.98 Å². The molecule has 0 saturated heterocycles. The van der Waals surface area contributed by atoms with E-state index in [9.17, 15) is 18.0 Å². The molecule has 0 spiro atoms. The third-order valence-corrected chi connectivity index (χ3v) is 6.74. The second-order valence-electron chi connectivity index (χ2n) is 8.72. The topological polar surface area (TPSA) is 90.9 Å². The van der Waals surface area contributed by atoms with E-state index in [4.69, 9.17) is 30.5 Å². The van der Waals surface area contributed by atoms with Gasteiger partial charge in [-0.15, -0.1) is 0 Å². The molecule has 0 aliphatic carbocycles. The van der Waals surface area contributed by atoms with Crippen LogP contribution in [0.4, 0.5) is 29.3 Å². The maximum Gasteiger partial charge on any atom is 0.417 e. The van der Waals surface area contributed by atoms with Gasteiger partial charge in [-0.25, -0.2) is 4.79 Å². The first-order chi connectivity index (χ1) is 19.7. The highest BCUT2D eigenvalue weighted by molar-refractivity contribution is 9.09. The van der Waals surface area contributed by atoms with Gasteiger partial charge in [0.25, 0.3) is 0 Å². The zero-order valence-electron chi connectivity index (χ0n) is 21.2. The molecule has 2 amide bonds. The Hall–Kier alpha value is -3.90. The fourth-order valence-electron chi connectivity index (χ4n) is 4.05. The Bertz CT molecular complexity index is 1570. The second-order valence-corrected chi connectivity index (χ2v) is 9.92. The number of benzene rings is 3.